The monoisotopic (exact) mass is 602 g/mol. The molecule has 0 saturated carbocycles. The maximum Gasteiger partial charge on any atom is 0.337 e. The van der Waals surface area contributed by atoms with Crippen LogP contribution in [0.15, 0.2) is 0 Å². The summed E-state index contributed by atoms with van der Waals surface area (Å²) in [5.74, 6) is -7.16. The first-order valence-corrected chi connectivity index (χ1v) is 16.6. The molecule has 0 aliphatic rings. The highest BCUT2D eigenvalue weighted by Gasteiger charge is 2.49. The molecule has 9 nitrogen and oxygen atoms in total. The fourth-order valence-electron chi connectivity index (χ4n) is 5.10. The zero-order valence-electron chi connectivity index (χ0n) is 26.6. The Labute approximate surface area is 254 Å². The molecule has 248 valence electrons. The van der Waals surface area contributed by atoms with Crippen molar-refractivity contribution in [1.29, 1.82) is 0 Å². The molecule has 0 heterocycles. The molecule has 42 heavy (non-hydrogen) atoms. The minimum atomic E-state index is -2.77. The average molecular weight is 603 g/mol. The Morgan fingerprint density at radius 1 is 0.500 bits per heavy atom. The van der Waals surface area contributed by atoms with Crippen molar-refractivity contribution in [2.75, 3.05) is 0 Å². The SMILES string of the molecule is CCCCCC(C(=O)O)C(O)(CC(=O)O)C(=O)O.CCCCCCCCCCCCCCCCCCCCCC(=O)O. The highest BCUT2D eigenvalue weighted by Crippen LogP contribution is 2.28. The first-order chi connectivity index (χ1) is 20.0. The summed E-state index contributed by atoms with van der Waals surface area (Å²) in [7, 11) is 0. The number of aliphatic carboxylic acids is 4. The first-order valence-electron chi connectivity index (χ1n) is 16.6. The summed E-state index contributed by atoms with van der Waals surface area (Å²) in [6.07, 6.45) is 26.8. The first kappa shape index (κ1) is 42.0. The second kappa shape index (κ2) is 28.9. The molecule has 0 bridgehead atoms. The van der Waals surface area contributed by atoms with Crippen molar-refractivity contribution in [2.24, 2.45) is 5.92 Å². The molecule has 0 radical (unpaired) electrons. The quantitative estimate of drug-likeness (QED) is 0.0527. The summed E-state index contributed by atoms with van der Waals surface area (Å²) in [6, 6.07) is 0. The molecule has 5 N–H and O–H groups in total. The van der Waals surface area contributed by atoms with E-state index < -0.39 is 41.8 Å². The lowest BCUT2D eigenvalue weighted by molar-refractivity contribution is -0.179. The van der Waals surface area contributed by atoms with E-state index in [4.69, 9.17) is 20.4 Å². The highest BCUT2D eigenvalue weighted by atomic mass is 16.4. The minimum absolute atomic E-state index is 0.0702. The number of hydrogen-bond donors (Lipinski definition) is 5. The third-order valence-electron chi connectivity index (χ3n) is 7.76. The van der Waals surface area contributed by atoms with E-state index in [1.54, 1.807) is 0 Å². The lowest BCUT2D eigenvalue weighted by atomic mass is 9.81. The maximum absolute atomic E-state index is 11.0. The van der Waals surface area contributed by atoms with Crippen LogP contribution in [0.3, 0.4) is 0 Å². The van der Waals surface area contributed by atoms with Crippen molar-refractivity contribution < 1.29 is 44.7 Å². The van der Waals surface area contributed by atoms with E-state index >= 15 is 0 Å². The summed E-state index contributed by atoms with van der Waals surface area (Å²) in [4.78, 5) is 42.9. The fourth-order valence-corrected chi connectivity index (χ4v) is 5.10. The lowest BCUT2D eigenvalue weighted by Gasteiger charge is -2.28. The third-order valence-corrected chi connectivity index (χ3v) is 7.76. The molecule has 9 heteroatoms. The molecule has 0 rings (SSSR count). The largest absolute Gasteiger partial charge is 0.481 e. The average Bonchev–Trinajstić information content (AvgIpc) is 2.91. The van der Waals surface area contributed by atoms with Crippen LogP contribution in [0.25, 0.3) is 0 Å². The minimum Gasteiger partial charge on any atom is -0.481 e. The molecule has 2 atom stereocenters. The Bertz CT molecular complexity index is 695. The van der Waals surface area contributed by atoms with Crippen LogP contribution in [0.5, 0.6) is 0 Å². The molecule has 0 aromatic rings. The van der Waals surface area contributed by atoms with Gasteiger partial charge in [0, 0.05) is 6.42 Å². The summed E-state index contributed by atoms with van der Waals surface area (Å²) < 4.78 is 0. The smallest absolute Gasteiger partial charge is 0.337 e. The third kappa shape index (κ3) is 25.5. The molecular weight excluding hydrogens is 540 g/mol. The van der Waals surface area contributed by atoms with Gasteiger partial charge in [-0.1, -0.05) is 149 Å². The summed E-state index contributed by atoms with van der Waals surface area (Å²) in [6.45, 7) is 4.17. The maximum atomic E-state index is 11.0. The van der Waals surface area contributed by atoms with Gasteiger partial charge in [0.05, 0.1) is 12.3 Å². The molecule has 0 aliphatic heterocycles. The second-order valence-corrected chi connectivity index (χ2v) is 11.7. The molecule has 0 saturated heterocycles. The van der Waals surface area contributed by atoms with Crippen molar-refractivity contribution in [3.05, 3.63) is 0 Å². The van der Waals surface area contributed by atoms with E-state index in [-0.39, 0.29) is 6.42 Å². The molecule has 2 unspecified atom stereocenters. The van der Waals surface area contributed by atoms with Crippen molar-refractivity contribution in [3.63, 3.8) is 0 Å². The molecule has 0 fully saturated rings. The summed E-state index contributed by atoms with van der Waals surface area (Å²) in [5.41, 5.74) is -2.77. The Morgan fingerprint density at radius 2 is 0.833 bits per heavy atom. The Hall–Kier alpha value is -2.16. The van der Waals surface area contributed by atoms with Gasteiger partial charge in [0.25, 0.3) is 0 Å². The van der Waals surface area contributed by atoms with Gasteiger partial charge in [0.15, 0.2) is 5.60 Å². The van der Waals surface area contributed by atoms with Gasteiger partial charge in [-0.2, -0.15) is 0 Å². The van der Waals surface area contributed by atoms with Gasteiger partial charge in [-0.3, -0.25) is 14.4 Å². The topological polar surface area (TPSA) is 169 Å². The van der Waals surface area contributed by atoms with Crippen molar-refractivity contribution in [1.82, 2.24) is 0 Å². The summed E-state index contributed by atoms with van der Waals surface area (Å²) in [5, 5.41) is 44.8. The van der Waals surface area contributed by atoms with Gasteiger partial charge in [-0.15, -0.1) is 0 Å². The van der Waals surface area contributed by atoms with Gasteiger partial charge in [-0.05, 0) is 12.8 Å². The molecule has 0 aromatic heterocycles. The lowest BCUT2D eigenvalue weighted by Crippen LogP contribution is -2.50. The zero-order valence-corrected chi connectivity index (χ0v) is 26.6. The van der Waals surface area contributed by atoms with Crippen LogP contribution >= 0.6 is 0 Å². The van der Waals surface area contributed by atoms with Crippen molar-refractivity contribution >= 4 is 23.9 Å². The molecule has 0 aliphatic carbocycles. The molecule has 0 aromatic carbocycles. The second-order valence-electron chi connectivity index (χ2n) is 11.7. The van der Waals surface area contributed by atoms with E-state index in [0.29, 0.717) is 19.3 Å². The normalized spacial score (nSPS) is 13.0. The van der Waals surface area contributed by atoms with Gasteiger partial charge >= 0.3 is 23.9 Å². The zero-order chi connectivity index (χ0) is 32.1. The Kier molecular flexibility index (Phi) is 28.9. The van der Waals surface area contributed by atoms with Crippen molar-refractivity contribution in [3.8, 4) is 0 Å². The molecular formula is C33H62O9. The van der Waals surface area contributed by atoms with Crippen LogP contribution < -0.4 is 0 Å². The number of carbonyl (C=O) groups is 4. The van der Waals surface area contributed by atoms with E-state index in [1.807, 2.05) is 6.92 Å². The van der Waals surface area contributed by atoms with E-state index in [1.165, 1.54) is 109 Å². The van der Waals surface area contributed by atoms with E-state index in [9.17, 15) is 24.3 Å². The number of carboxylic acid groups (broad SMARTS) is 4. The number of carboxylic acids is 4. The van der Waals surface area contributed by atoms with Gasteiger partial charge < -0.3 is 25.5 Å². The van der Waals surface area contributed by atoms with Gasteiger partial charge in [0.1, 0.15) is 0 Å². The van der Waals surface area contributed by atoms with Crippen LogP contribution in [0.2, 0.25) is 0 Å². The number of aliphatic hydroxyl groups is 1. The fraction of sp³-hybridized carbons (Fsp3) is 0.879. The Morgan fingerprint density at radius 3 is 1.12 bits per heavy atom. The van der Waals surface area contributed by atoms with Gasteiger partial charge in [0.2, 0.25) is 0 Å². The predicted octanol–water partition coefficient (Wildman–Crippen LogP) is 8.45. The van der Waals surface area contributed by atoms with Crippen LogP contribution in [0.4, 0.5) is 0 Å². The van der Waals surface area contributed by atoms with Crippen LogP contribution in [0.1, 0.15) is 174 Å². The standard InChI is InChI=1S/C22H44O2.C11H18O7/c1-2-3-4-5-6-7-8-9-10-11-12-13-14-15-16-17-18-19-20-21-22(23)24;1-2-3-4-5-7(9(14)15)11(18,10(16)17)6-8(12)13/h2-21H2,1H3,(H,23,24);7,18H,2-6H2,1H3,(H,12,13)(H,14,15)(H,16,17). The molecule has 0 amide bonds. The number of rotatable bonds is 29. The van der Waals surface area contributed by atoms with Crippen LogP contribution in [-0.4, -0.2) is 55.0 Å². The van der Waals surface area contributed by atoms with Crippen LogP contribution in [-0.2, 0) is 19.2 Å². The molecule has 0 spiro atoms. The van der Waals surface area contributed by atoms with Crippen LogP contribution in [0, 0.1) is 5.92 Å². The summed E-state index contributed by atoms with van der Waals surface area (Å²) >= 11 is 0. The van der Waals surface area contributed by atoms with E-state index in [0.717, 1.165) is 19.3 Å². The van der Waals surface area contributed by atoms with E-state index in [2.05, 4.69) is 6.92 Å². The Balaban J connectivity index is 0. The highest BCUT2D eigenvalue weighted by molar-refractivity contribution is 5.89. The van der Waals surface area contributed by atoms with Crippen molar-refractivity contribution in [2.45, 2.75) is 180 Å². The predicted molar refractivity (Wildman–Crippen MR) is 166 cm³/mol. The van der Waals surface area contributed by atoms with Gasteiger partial charge in [-0.25, -0.2) is 4.79 Å². The number of hydrogen-bond acceptors (Lipinski definition) is 5. The number of unbranched alkanes of at least 4 members (excludes halogenated alkanes) is 20.